The Bertz CT molecular complexity index is 690. The van der Waals surface area contributed by atoms with Gasteiger partial charge in [0.15, 0.2) is 0 Å². The summed E-state index contributed by atoms with van der Waals surface area (Å²) in [6, 6.07) is 30.0. The summed E-state index contributed by atoms with van der Waals surface area (Å²) in [6.45, 7) is 4.37. The fourth-order valence-electron chi connectivity index (χ4n) is 2.85. The third-order valence-corrected chi connectivity index (χ3v) is 4.23. The second kappa shape index (κ2) is 7.69. The molecule has 0 unspecified atom stereocenters. The Morgan fingerprint density at radius 1 is 0.542 bits per heavy atom. The van der Waals surface area contributed by atoms with Crippen molar-refractivity contribution in [1.29, 1.82) is 0 Å². The Hall–Kier alpha value is -2.74. The van der Waals surface area contributed by atoms with Gasteiger partial charge in [0, 0.05) is 23.5 Å². The molecule has 2 heteroatoms. The van der Waals surface area contributed by atoms with Gasteiger partial charge in [0.2, 0.25) is 0 Å². The summed E-state index contributed by atoms with van der Waals surface area (Å²) in [5, 5.41) is 7.14. The molecule has 0 aliphatic carbocycles. The van der Waals surface area contributed by atoms with Crippen LogP contribution in [0.5, 0.6) is 0 Å². The highest BCUT2D eigenvalue weighted by Crippen LogP contribution is 2.24. The van der Waals surface area contributed by atoms with E-state index in [1.54, 1.807) is 0 Å². The molecule has 0 aromatic heterocycles. The van der Waals surface area contributed by atoms with E-state index in [4.69, 9.17) is 0 Å². The van der Waals surface area contributed by atoms with Gasteiger partial charge in [-0.2, -0.15) is 0 Å². The van der Waals surface area contributed by atoms with Crippen molar-refractivity contribution >= 4 is 11.4 Å². The van der Waals surface area contributed by atoms with Crippen LogP contribution in [0.15, 0.2) is 84.9 Å². The molecule has 0 amide bonds. The summed E-state index contributed by atoms with van der Waals surface area (Å²) >= 11 is 0. The summed E-state index contributed by atoms with van der Waals surface area (Å²) in [6.07, 6.45) is 0. The molecule has 0 fully saturated rings. The van der Waals surface area contributed by atoms with Crippen LogP contribution in [0.3, 0.4) is 0 Å². The van der Waals surface area contributed by atoms with E-state index in [0.29, 0.717) is 0 Å². The van der Waals surface area contributed by atoms with Crippen LogP contribution < -0.4 is 10.6 Å². The van der Waals surface area contributed by atoms with Crippen LogP contribution in [0.2, 0.25) is 0 Å². The Balaban J connectivity index is 1.68. The number of hydrogen-bond acceptors (Lipinski definition) is 2. The quantitative estimate of drug-likeness (QED) is 0.580. The van der Waals surface area contributed by atoms with Crippen molar-refractivity contribution in [3.63, 3.8) is 0 Å². The fourth-order valence-corrected chi connectivity index (χ4v) is 2.85. The molecule has 2 nitrogen and oxygen atoms in total. The summed E-state index contributed by atoms with van der Waals surface area (Å²) in [7, 11) is 0. The molecular formula is C22H24N2. The van der Waals surface area contributed by atoms with Crippen molar-refractivity contribution in [3.8, 4) is 0 Å². The maximum atomic E-state index is 3.57. The van der Waals surface area contributed by atoms with Gasteiger partial charge in [-0.1, -0.05) is 66.7 Å². The van der Waals surface area contributed by atoms with Crippen molar-refractivity contribution < 1.29 is 0 Å². The van der Waals surface area contributed by atoms with Crippen molar-refractivity contribution in [3.05, 3.63) is 96.1 Å². The summed E-state index contributed by atoms with van der Waals surface area (Å²) < 4.78 is 0. The van der Waals surface area contributed by atoms with Crippen molar-refractivity contribution in [2.24, 2.45) is 0 Å². The van der Waals surface area contributed by atoms with Crippen molar-refractivity contribution in [2.75, 3.05) is 10.6 Å². The highest BCUT2D eigenvalue weighted by molar-refractivity contribution is 5.58. The molecule has 0 saturated heterocycles. The predicted molar refractivity (Wildman–Crippen MR) is 103 cm³/mol. The topological polar surface area (TPSA) is 24.1 Å². The van der Waals surface area contributed by atoms with E-state index < -0.39 is 0 Å². The molecule has 0 aliphatic rings. The Morgan fingerprint density at radius 2 is 0.958 bits per heavy atom. The van der Waals surface area contributed by atoms with Gasteiger partial charge in [0.1, 0.15) is 0 Å². The van der Waals surface area contributed by atoms with Crippen LogP contribution >= 0.6 is 0 Å². The largest absolute Gasteiger partial charge is 0.378 e. The fraction of sp³-hybridized carbons (Fsp3) is 0.182. The third-order valence-electron chi connectivity index (χ3n) is 4.23. The van der Waals surface area contributed by atoms with E-state index in [2.05, 4.69) is 97.3 Å². The van der Waals surface area contributed by atoms with Gasteiger partial charge in [-0.25, -0.2) is 0 Å². The van der Waals surface area contributed by atoms with Crippen molar-refractivity contribution in [2.45, 2.75) is 25.9 Å². The van der Waals surface area contributed by atoms with Gasteiger partial charge >= 0.3 is 0 Å². The molecule has 0 aliphatic heterocycles. The molecule has 0 saturated carbocycles. The SMILES string of the molecule is C[C@H](Nc1cccc(N[C@@H](C)c2ccccc2)c1)c1ccccc1. The highest BCUT2D eigenvalue weighted by Gasteiger charge is 2.07. The van der Waals surface area contributed by atoms with Crippen LogP contribution in [0.25, 0.3) is 0 Å². The zero-order valence-electron chi connectivity index (χ0n) is 14.2. The molecule has 0 spiro atoms. The van der Waals surface area contributed by atoms with Gasteiger partial charge in [-0.3, -0.25) is 0 Å². The minimum absolute atomic E-state index is 0.271. The van der Waals surface area contributed by atoms with Gasteiger partial charge in [0.25, 0.3) is 0 Å². The van der Waals surface area contributed by atoms with Crippen LogP contribution in [-0.4, -0.2) is 0 Å². The molecule has 0 heterocycles. The second-order valence-electron chi connectivity index (χ2n) is 6.13. The minimum atomic E-state index is 0.271. The Labute approximate surface area is 144 Å². The summed E-state index contributed by atoms with van der Waals surface area (Å²) in [5.41, 5.74) is 4.82. The lowest BCUT2D eigenvalue weighted by Gasteiger charge is -2.19. The van der Waals surface area contributed by atoms with Gasteiger partial charge in [-0.05, 0) is 43.2 Å². The number of anilines is 2. The first-order chi connectivity index (χ1) is 11.7. The van der Waals surface area contributed by atoms with Crippen LogP contribution in [0.1, 0.15) is 37.1 Å². The van der Waals surface area contributed by atoms with Gasteiger partial charge < -0.3 is 10.6 Å². The molecule has 2 N–H and O–H groups in total. The predicted octanol–water partition coefficient (Wildman–Crippen LogP) is 6.03. The Kier molecular flexibility index (Phi) is 5.17. The maximum Gasteiger partial charge on any atom is 0.0485 e. The number of hydrogen-bond donors (Lipinski definition) is 2. The first kappa shape index (κ1) is 16.1. The zero-order chi connectivity index (χ0) is 16.8. The molecule has 3 aromatic carbocycles. The number of benzene rings is 3. The van der Waals surface area contributed by atoms with Gasteiger partial charge in [0.05, 0.1) is 0 Å². The van der Waals surface area contributed by atoms with Gasteiger partial charge in [-0.15, -0.1) is 0 Å². The standard InChI is InChI=1S/C22H24N2/c1-17(19-10-5-3-6-11-19)23-21-14-9-15-22(16-21)24-18(2)20-12-7-4-8-13-20/h3-18,23-24H,1-2H3/t17-,18-/m0/s1. The first-order valence-corrected chi connectivity index (χ1v) is 8.45. The van der Waals surface area contributed by atoms with E-state index in [9.17, 15) is 0 Å². The van der Waals surface area contributed by atoms with E-state index in [1.807, 2.05) is 12.1 Å². The lowest BCUT2D eigenvalue weighted by atomic mass is 10.1. The third kappa shape index (κ3) is 4.17. The number of rotatable bonds is 6. The second-order valence-corrected chi connectivity index (χ2v) is 6.13. The van der Waals surface area contributed by atoms with E-state index in [-0.39, 0.29) is 12.1 Å². The first-order valence-electron chi connectivity index (χ1n) is 8.45. The molecular weight excluding hydrogens is 292 g/mol. The van der Waals surface area contributed by atoms with E-state index in [0.717, 1.165) is 11.4 Å². The molecule has 3 aromatic rings. The lowest BCUT2D eigenvalue weighted by Crippen LogP contribution is -2.08. The van der Waals surface area contributed by atoms with E-state index >= 15 is 0 Å². The molecule has 24 heavy (non-hydrogen) atoms. The highest BCUT2D eigenvalue weighted by atomic mass is 14.9. The molecule has 0 bridgehead atoms. The molecule has 3 rings (SSSR count). The average Bonchev–Trinajstić information content (AvgIpc) is 2.63. The number of nitrogens with one attached hydrogen (secondary N) is 2. The molecule has 122 valence electrons. The van der Waals surface area contributed by atoms with Crippen LogP contribution in [-0.2, 0) is 0 Å². The Morgan fingerprint density at radius 3 is 1.38 bits per heavy atom. The minimum Gasteiger partial charge on any atom is -0.378 e. The lowest BCUT2D eigenvalue weighted by molar-refractivity contribution is 0.878. The summed E-state index contributed by atoms with van der Waals surface area (Å²) in [5.74, 6) is 0. The normalized spacial score (nSPS) is 13.1. The average molecular weight is 316 g/mol. The van der Waals surface area contributed by atoms with E-state index in [1.165, 1.54) is 11.1 Å². The summed E-state index contributed by atoms with van der Waals surface area (Å²) in [4.78, 5) is 0. The maximum absolute atomic E-state index is 3.57. The smallest absolute Gasteiger partial charge is 0.0485 e. The van der Waals surface area contributed by atoms with Crippen molar-refractivity contribution in [1.82, 2.24) is 0 Å². The van der Waals surface area contributed by atoms with Crippen LogP contribution in [0.4, 0.5) is 11.4 Å². The van der Waals surface area contributed by atoms with Crippen LogP contribution in [0, 0.1) is 0 Å². The zero-order valence-corrected chi connectivity index (χ0v) is 14.2. The monoisotopic (exact) mass is 316 g/mol. The molecule has 2 atom stereocenters. The molecule has 0 radical (unpaired) electrons.